The summed E-state index contributed by atoms with van der Waals surface area (Å²) in [5.74, 6) is 0.852. The van der Waals surface area contributed by atoms with Crippen molar-refractivity contribution < 1.29 is 80.2 Å². The Morgan fingerprint density at radius 1 is 0.318 bits per heavy atom. The van der Waals surface area contributed by atoms with Crippen molar-refractivity contribution in [3.63, 3.8) is 0 Å². The van der Waals surface area contributed by atoms with Gasteiger partial charge in [0.25, 0.3) is 0 Å². The SMILES string of the molecule is CCC(C)CCCCCCCCCCC(=O)O[C@H](COC(=O)CCCCCCCCCCCCCC(C)C)COP(=O)(O)OCC(O)COP(=O)(O)OC[C@@H](COC(=O)CCCCCCCCCCC(C)C)OC(=O)CCCCCCCCCCC(C)C. The molecule has 0 fully saturated rings. The molecule has 0 aliphatic heterocycles. The summed E-state index contributed by atoms with van der Waals surface area (Å²) >= 11 is 0. The first-order chi connectivity index (χ1) is 42.1. The van der Waals surface area contributed by atoms with E-state index in [2.05, 4.69) is 55.4 Å². The van der Waals surface area contributed by atoms with E-state index < -0.39 is 97.5 Å². The van der Waals surface area contributed by atoms with Gasteiger partial charge in [0.15, 0.2) is 12.2 Å². The Labute approximate surface area is 537 Å². The summed E-state index contributed by atoms with van der Waals surface area (Å²) in [6.45, 7) is 14.1. The molecule has 0 bridgehead atoms. The van der Waals surface area contributed by atoms with Crippen LogP contribution < -0.4 is 0 Å². The fraction of sp³-hybridized carbons (Fsp3) is 0.942. The predicted molar refractivity (Wildman–Crippen MR) is 354 cm³/mol. The first-order valence-electron chi connectivity index (χ1n) is 35.7. The first-order valence-corrected chi connectivity index (χ1v) is 38.7. The molecule has 0 saturated carbocycles. The number of rotatable bonds is 66. The largest absolute Gasteiger partial charge is 0.472 e. The smallest absolute Gasteiger partial charge is 0.462 e. The van der Waals surface area contributed by atoms with Crippen molar-refractivity contribution >= 4 is 39.5 Å². The summed E-state index contributed by atoms with van der Waals surface area (Å²) in [6, 6.07) is 0. The summed E-state index contributed by atoms with van der Waals surface area (Å²) < 4.78 is 68.2. The lowest BCUT2D eigenvalue weighted by molar-refractivity contribution is -0.161. The molecule has 0 radical (unpaired) electrons. The van der Waals surface area contributed by atoms with Gasteiger partial charge in [-0.2, -0.15) is 0 Å². The lowest BCUT2D eigenvalue weighted by atomic mass is 9.99. The van der Waals surface area contributed by atoms with Crippen molar-refractivity contribution in [1.82, 2.24) is 0 Å². The maximum atomic E-state index is 13.0. The van der Waals surface area contributed by atoms with E-state index in [1.807, 2.05) is 0 Å². The molecule has 0 spiro atoms. The van der Waals surface area contributed by atoms with Crippen molar-refractivity contribution in [2.75, 3.05) is 39.6 Å². The minimum absolute atomic E-state index is 0.103. The second-order valence-electron chi connectivity index (χ2n) is 26.6. The number of hydrogen-bond donors (Lipinski definition) is 3. The Bertz CT molecular complexity index is 1750. The van der Waals surface area contributed by atoms with Crippen LogP contribution in [-0.2, 0) is 65.4 Å². The highest BCUT2D eigenvalue weighted by atomic mass is 31.2. The number of phosphoric ester groups is 2. The zero-order chi connectivity index (χ0) is 65.4. The third-order valence-electron chi connectivity index (χ3n) is 16.2. The van der Waals surface area contributed by atoms with Crippen molar-refractivity contribution in [1.29, 1.82) is 0 Å². The highest BCUT2D eigenvalue weighted by Gasteiger charge is 2.30. The predicted octanol–water partition coefficient (Wildman–Crippen LogP) is 19.3. The third kappa shape index (κ3) is 61.6. The molecular weight excluding hydrogens is 1160 g/mol. The van der Waals surface area contributed by atoms with Crippen LogP contribution >= 0.6 is 15.6 Å². The number of carbonyl (C=O) groups excluding carboxylic acids is 4. The number of carbonyl (C=O) groups is 4. The van der Waals surface area contributed by atoms with Gasteiger partial charge in [-0.1, -0.05) is 287 Å². The fourth-order valence-electron chi connectivity index (χ4n) is 10.3. The molecule has 6 atom stereocenters. The van der Waals surface area contributed by atoms with Crippen LogP contribution in [0.15, 0.2) is 0 Å². The average Bonchev–Trinajstić information content (AvgIpc) is 3.57. The van der Waals surface area contributed by atoms with Gasteiger partial charge in [0, 0.05) is 25.7 Å². The van der Waals surface area contributed by atoms with Gasteiger partial charge in [0.2, 0.25) is 0 Å². The van der Waals surface area contributed by atoms with Gasteiger partial charge in [0.05, 0.1) is 26.4 Å². The van der Waals surface area contributed by atoms with Crippen molar-refractivity contribution in [3.05, 3.63) is 0 Å². The van der Waals surface area contributed by atoms with Gasteiger partial charge in [-0.25, -0.2) is 9.13 Å². The van der Waals surface area contributed by atoms with Crippen LogP contribution in [0.1, 0.15) is 338 Å². The van der Waals surface area contributed by atoms with Crippen LogP contribution in [0.3, 0.4) is 0 Å². The van der Waals surface area contributed by atoms with E-state index in [9.17, 15) is 43.2 Å². The molecule has 3 N–H and O–H groups in total. The van der Waals surface area contributed by atoms with Crippen molar-refractivity contribution in [3.8, 4) is 0 Å². The summed E-state index contributed by atoms with van der Waals surface area (Å²) in [4.78, 5) is 72.5. The summed E-state index contributed by atoms with van der Waals surface area (Å²) in [5.41, 5.74) is 0. The Morgan fingerprint density at radius 2 is 0.545 bits per heavy atom. The summed E-state index contributed by atoms with van der Waals surface area (Å²) in [5, 5.41) is 10.6. The van der Waals surface area contributed by atoms with Gasteiger partial charge in [-0.3, -0.25) is 37.3 Å². The summed E-state index contributed by atoms with van der Waals surface area (Å²) in [6.07, 6.45) is 40.3. The van der Waals surface area contributed by atoms with Crippen LogP contribution in [0.5, 0.6) is 0 Å². The Balaban J connectivity index is 5.26. The van der Waals surface area contributed by atoms with Gasteiger partial charge < -0.3 is 33.8 Å². The topological polar surface area (TPSA) is 237 Å². The lowest BCUT2D eigenvalue weighted by Gasteiger charge is -2.21. The van der Waals surface area contributed by atoms with E-state index in [1.165, 1.54) is 141 Å². The van der Waals surface area contributed by atoms with E-state index in [1.54, 1.807) is 0 Å². The number of aliphatic hydroxyl groups is 1. The number of ether oxygens (including phenoxy) is 4. The molecular formula is C69H134O17P2. The molecule has 0 heterocycles. The second-order valence-corrected chi connectivity index (χ2v) is 29.5. The Hall–Kier alpha value is -1.94. The molecule has 0 aromatic rings. The zero-order valence-corrected chi connectivity index (χ0v) is 59.1. The van der Waals surface area contributed by atoms with Crippen LogP contribution in [0.4, 0.5) is 0 Å². The zero-order valence-electron chi connectivity index (χ0n) is 57.3. The monoisotopic (exact) mass is 1300 g/mol. The highest BCUT2D eigenvalue weighted by Crippen LogP contribution is 2.45. The molecule has 0 amide bonds. The van der Waals surface area contributed by atoms with Crippen LogP contribution in [-0.4, -0.2) is 96.7 Å². The summed E-state index contributed by atoms with van der Waals surface area (Å²) in [7, 11) is -9.90. The fourth-order valence-corrected chi connectivity index (χ4v) is 11.9. The molecule has 0 saturated heterocycles. The number of phosphoric acid groups is 2. The molecule has 0 rings (SSSR count). The second kappa shape index (κ2) is 58.8. The van der Waals surface area contributed by atoms with Crippen LogP contribution in [0.25, 0.3) is 0 Å². The van der Waals surface area contributed by atoms with E-state index in [0.717, 1.165) is 114 Å². The average molecular weight is 1300 g/mol. The highest BCUT2D eigenvalue weighted by molar-refractivity contribution is 7.47. The van der Waals surface area contributed by atoms with Crippen LogP contribution in [0, 0.1) is 23.7 Å². The Morgan fingerprint density at radius 3 is 0.807 bits per heavy atom. The standard InChI is InChI=1S/C69H134O17P2/c1-9-62(8)48-40-32-24-17-20-28-36-44-52-69(74)86-64(55-79-66(71)49-41-33-25-14-12-10-11-13-21-29-37-45-59(2)3)57-83-87(75,76)81-53-63(70)54-82-88(77,78)84-58-65(85-68(73)51-43-35-27-19-16-23-31-39-47-61(6)7)56-80-67(72)50-42-34-26-18-15-22-30-38-46-60(4)5/h59-65,70H,9-58H2,1-8H3,(H,75,76)(H,77,78)/t62?,63?,64-,65-/m1/s1. The Kier molecular flexibility index (Phi) is 57.6. The number of unbranched alkanes of at least 4 members (excludes halogenated alkanes) is 31. The van der Waals surface area contributed by atoms with E-state index in [-0.39, 0.29) is 25.7 Å². The number of aliphatic hydroxyl groups excluding tert-OH is 1. The minimum Gasteiger partial charge on any atom is -0.462 e. The van der Waals surface area contributed by atoms with E-state index in [4.69, 9.17) is 37.0 Å². The van der Waals surface area contributed by atoms with Crippen molar-refractivity contribution in [2.45, 2.75) is 356 Å². The van der Waals surface area contributed by atoms with E-state index >= 15 is 0 Å². The molecule has 17 nitrogen and oxygen atoms in total. The first kappa shape index (κ1) is 86.1. The maximum absolute atomic E-state index is 13.0. The molecule has 0 aromatic heterocycles. The normalized spacial score (nSPS) is 14.6. The van der Waals surface area contributed by atoms with Gasteiger partial charge in [0.1, 0.15) is 19.3 Å². The van der Waals surface area contributed by atoms with Crippen LogP contribution in [0.2, 0.25) is 0 Å². The van der Waals surface area contributed by atoms with Gasteiger partial charge in [-0.15, -0.1) is 0 Å². The quantitative estimate of drug-likeness (QED) is 0.0222. The molecule has 4 unspecified atom stereocenters. The minimum atomic E-state index is -4.95. The molecule has 0 aliphatic carbocycles. The molecule has 0 aromatic carbocycles. The van der Waals surface area contributed by atoms with E-state index in [0.29, 0.717) is 25.7 Å². The number of hydrogen-bond acceptors (Lipinski definition) is 15. The van der Waals surface area contributed by atoms with Gasteiger partial charge in [-0.05, 0) is 49.4 Å². The number of esters is 4. The third-order valence-corrected chi connectivity index (χ3v) is 18.1. The molecule has 0 aliphatic rings. The molecule has 19 heteroatoms. The van der Waals surface area contributed by atoms with Crippen molar-refractivity contribution in [2.24, 2.45) is 23.7 Å². The maximum Gasteiger partial charge on any atom is 0.472 e. The lowest BCUT2D eigenvalue weighted by Crippen LogP contribution is -2.30. The molecule has 522 valence electrons. The van der Waals surface area contributed by atoms with Gasteiger partial charge >= 0.3 is 39.5 Å². The molecule has 88 heavy (non-hydrogen) atoms.